The number of aromatic amines is 1. The molecule has 0 atom stereocenters. The first-order chi connectivity index (χ1) is 29.7. The second kappa shape index (κ2) is 16.0. The third-order valence-corrected chi connectivity index (χ3v) is 12.0. The van der Waals surface area contributed by atoms with Gasteiger partial charge < -0.3 is 10.1 Å². The Bertz CT molecular complexity index is 3030. The zero-order valence-electron chi connectivity index (χ0n) is 39.0. The van der Waals surface area contributed by atoms with E-state index in [4.69, 9.17) is 15.0 Å². The number of phenolic OH excluding ortho intramolecular Hbond substituents is 1. The van der Waals surface area contributed by atoms with Crippen molar-refractivity contribution in [3.8, 4) is 56.3 Å². The molecule has 3 heterocycles. The second-order valence-corrected chi connectivity index (χ2v) is 21.0. The van der Waals surface area contributed by atoms with E-state index in [1.54, 1.807) is 0 Å². The number of imidazole rings is 1. The number of nitrogens with one attached hydrogen (secondary N) is 1. The largest absolute Gasteiger partial charge is 0.507 e. The van der Waals surface area contributed by atoms with Gasteiger partial charge >= 0.3 is 0 Å². The summed E-state index contributed by atoms with van der Waals surface area (Å²) in [6.45, 7) is 26.6. The Labute approximate surface area is 373 Å². The Kier molecular flexibility index (Phi) is 10.9. The predicted molar refractivity (Wildman–Crippen MR) is 263 cm³/mol. The molecule has 0 bridgehead atoms. The van der Waals surface area contributed by atoms with Crippen molar-refractivity contribution in [3.05, 3.63) is 167 Å². The molecule has 0 amide bonds. The molecule has 2 N–H and O–H groups in total. The second-order valence-electron chi connectivity index (χ2n) is 21.0. The predicted octanol–water partition coefficient (Wildman–Crippen LogP) is 14.5. The fourth-order valence-corrected chi connectivity index (χ4v) is 8.18. The quantitative estimate of drug-likeness (QED) is 0.175. The number of hydrogen-bond acceptors (Lipinski definition) is 4. The van der Waals surface area contributed by atoms with Crippen molar-refractivity contribution < 1.29 is 5.11 Å². The van der Waals surface area contributed by atoms with E-state index in [1.807, 2.05) is 24.4 Å². The van der Waals surface area contributed by atoms with Gasteiger partial charge in [-0.25, -0.2) is 15.0 Å². The lowest BCUT2D eigenvalue weighted by molar-refractivity contribution is 0.446. The van der Waals surface area contributed by atoms with Crippen LogP contribution in [0.4, 0.5) is 5.82 Å². The fourth-order valence-electron chi connectivity index (χ4n) is 8.18. The van der Waals surface area contributed by atoms with Crippen LogP contribution in [0.3, 0.4) is 0 Å². The van der Waals surface area contributed by atoms with Crippen LogP contribution in [-0.4, -0.2) is 24.6 Å². The van der Waals surface area contributed by atoms with Gasteiger partial charge in [0.1, 0.15) is 17.1 Å². The molecule has 5 aromatic carbocycles. The van der Waals surface area contributed by atoms with Crippen molar-refractivity contribution in [1.29, 1.82) is 0 Å². The molecule has 0 aliphatic heterocycles. The van der Waals surface area contributed by atoms with Gasteiger partial charge in [0.05, 0.1) is 28.0 Å². The van der Waals surface area contributed by atoms with Crippen LogP contribution < -0.4 is 5.49 Å². The van der Waals surface area contributed by atoms with Crippen LogP contribution in [0.25, 0.3) is 61.6 Å². The maximum Gasteiger partial charge on any atom is 0.155 e. The van der Waals surface area contributed by atoms with E-state index in [-0.39, 0.29) is 27.4 Å². The van der Waals surface area contributed by atoms with Crippen LogP contribution in [-0.2, 0) is 21.7 Å². The number of benzene rings is 5. The SMILES string of the molecule is CC(C)(C)c1cc(N=c2cc(-c3ccccc3)cc[nH]2)nc(-c2cccc3c2nc(-c2cc(C(C)(C)C)cc(C(C)(C)C)c2O)n3-c2ccc(C(C)(C)C)cc2-c2ccccc2)c1. The van der Waals surface area contributed by atoms with E-state index in [0.717, 1.165) is 66.9 Å². The zero-order chi connectivity index (χ0) is 45.1. The van der Waals surface area contributed by atoms with E-state index < -0.39 is 0 Å². The summed E-state index contributed by atoms with van der Waals surface area (Å²) in [5.74, 6) is 1.51. The molecule has 3 aromatic heterocycles. The lowest BCUT2D eigenvalue weighted by Crippen LogP contribution is -2.17. The molecule has 6 heteroatoms. The van der Waals surface area contributed by atoms with E-state index in [0.29, 0.717) is 22.7 Å². The molecule has 0 aliphatic rings. The molecule has 0 saturated heterocycles. The number of hydrogen-bond donors (Lipinski definition) is 2. The van der Waals surface area contributed by atoms with Crippen molar-refractivity contribution in [1.82, 2.24) is 19.5 Å². The van der Waals surface area contributed by atoms with Crippen molar-refractivity contribution in [2.75, 3.05) is 0 Å². The molecule has 0 spiro atoms. The number of pyridine rings is 2. The summed E-state index contributed by atoms with van der Waals surface area (Å²) in [5.41, 5.74) is 13.7. The topological polar surface area (TPSA) is 79.1 Å². The van der Waals surface area contributed by atoms with Crippen LogP contribution in [0.1, 0.15) is 105 Å². The molecule has 0 saturated carbocycles. The van der Waals surface area contributed by atoms with E-state index in [2.05, 4.69) is 208 Å². The Balaban J connectivity index is 1.45. The number of fused-ring (bicyclic) bond motifs is 1. The average Bonchev–Trinajstić information content (AvgIpc) is 3.62. The highest BCUT2D eigenvalue weighted by atomic mass is 16.3. The average molecular weight is 832 g/mol. The Morgan fingerprint density at radius 1 is 0.508 bits per heavy atom. The van der Waals surface area contributed by atoms with Gasteiger partial charge in [-0.05, 0) is 104 Å². The molecular weight excluding hydrogens is 771 g/mol. The van der Waals surface area contributed by atoms with Crippen molar-refractivity contribution in [3.63, 3.8) is 0 Å². The van der Waals surface area contributed by atoms with Gasteiger partial charge in [-0.1, -0.05) is 168 Å². The minimum absolute atomic E-state index is 0.0802. The molecule has 6 nitrogen and oxygen atoms in total. The molecule has 0 aliphatic carbocycles. The molecule has 63 heavy (non-hydrogen) atoms. The van der Waals surface area contributed by atoms with Crippen LogP contribution in [0.15, 0.2) is 145 Å². The van der Waals surface area contributed by atoms with Gasteiger partial charge in [-0.15, -0.1) is 0 Å². The van der Waals surface area contributed by atoms with Crippen LogP contribution in [0, 0.1) is 0 Å². The van der Waals surface area contributed by atoms with E-state index in [9.17, 15) is 5.11 Å². The maximum atomic E-state index is 12.5. The highest BCUT2D eigenvalue weighted by Crippen LogP contribution is 2.46. The third-order valence-electron chi connectivity index (χ3n) is 12.0. The summed E-state index contributed by atoms with van der Waals surface area (Å²) >= 11 is 0. The van der Waals surface area contributed by atoms with Crippen LogP contribution in [0.5, 0.6) is 5.75 Å². The summed E-state index contributed by atoms with van der Waals surface area (Å²) < 4.78 is 2.25. The number of para-hydroxylation sites is 1. The molecule has 0 radical (unpaired) electrons. The van der Waals surface area contributed by atoms with Gasteiger partial charge in [0.15, 0.2) is 5.82 Å². The Morgan fingerprint density at radius 2 is 1.13 bits per heavy atom. The summed E-state index contributed by atoms with van der Waals surface area (Å²) in [6, 6.07) is 46.8. The summed E-state index contributed by atoms with van der Waals surface area (Å²) in [5, 5.41) is 12.5. The molecule has 0 unspecified atom stereocenters. The van der Waals surface area contributed by atoms with Crippen LogP contribution >= 0.6 is 0 Å². The van der Waals surface area contributed by atoms with Gasteiger partial charge in [-0.3, -0.25) is 4.57 Å². The highest BCUT2D eigenvalue weighted by Gasteiger charge is 2.30. The standard InChI is InChI=1S/C57H61N5O/c1-54(2,3)39-26-27-47(43(31-39)37-22-17-14-18-23-37)62-48-25-19-24-42(51(48)61-53(62)44-32-40(55(4,5)6)33-45(52(44)63)57(10,11)12)46-34-41(56(7,8)9)35-50(59-46)60-49-30-38(28-29-58-49)36-20-15-13-16-21-36/h13-35,63H,1-12H3,(H,58,59,60). The monoisotopic (exact) mass is 831 g/mol. The number of H-pyrrole nitrogens is 1. The maximum absolute atomic E-state index is 12.5. The first-order valence-corrected chi connectivity index (χ1v) is 22.1. The summed E-state index contributed by atoms with van der Waals surface area (Å²) in [6.07, 6.45) is 1.93. The first-order valence-electron chi connectivity index (χ1n) is 22.1. The van der Waals surface area contributed by atoms with E-state index >= 15 is 0 Å². The zero-order valence-corrected chi connectivity index (χ0v) is 39.0. The number of nitrogens with zero attached hydrogens (tertiary/aromatic N) is 4. The number of aromatic nitrogens is 4. The summed E-state index contributed by atoms with van der Waals surface area (Å²) in [7, 11) is 0. The number of aromatic hydroxyl groups is 1. The molecule has 0 fully saturated rings. The van der Waals surface area contributed by atoms with Gasteiger partial charge in [0.2, 0.25) is 0 Å². The van der Waals surface area contributed by atoms with Gasteiger partial charge in [0.25, 0.3) is 0 Å². The lowest BCUT2D eigenvalue weighted by atomic mass is 9.79. The lowest BCUT2D eigenvalue weighted by Gasteiger charge is -2.28. The number of rotatable bonds is 6. The minimum Gasteiger partial charge on any atom is -0.507 e. The smallest absolute Gasteiger partial charge is 0.155 e. The van der Waals surface area contributed by atoms with Crippen molar-refractivity contribution >= 4 is 16.9 Å². The minimum atomic E-state index is -0.332. The van der Waals surface area contributed by atoms with Crippen molar-refractivity contribution in [2.45, 2.75) is 105 Å². The third kappa shape index (κ3) is 8.77. The van der Waals surface area contributed by atoms with Gasteiger partial charge in [0, 0.05) is 22.9 Å². The van der Waals surface area contributed by atoms with E-state index in [1.165, 1.54) is 5.56 Å². The summed E-state index contributed by atoms with van der Waals surface area (Å²) in [4.78, 5) is 19.4. The molecular formula is C57H61N5O. The normalized spacial score (nSPS) is 12.9. The van der Waals surface area contributed by atoms with Gasteiger partial charge in [-0.2, -0.15) is 0 Å². The first kappa shape index (κ1) is 43.1. The fraction of sp³-hybridized carbons (Fsp3) is 0.281. The van der Waals surface area contributed by atoms with Crippen molar-refractivity contribution in [2.24, 2.45) is 4.99 Å². The molecule has 320 valence electrons. The molecule has 8 rings (SSSR count). The highest BCUT2D eigenvalue weighted by molar-refractivity contribution is 5.96. The Hall–Kier alpha value is -6.53. The van der Waals surface area contributed by atoms with Crippen LogP contribution in [0.2, 0.25) is 0 Å². The molecule has 8 aromatic rings. The Morgan fingerprint density at radius 3 is 1.76 bits per heavy atom. The number of phenols is 1.